The van der Waals surface area contributed by atoms with Crippen LogP contribution < -0.4 is 10.5 Å². The maximum atomic E-state index is 9.36. The molecule has 1 aromatic heterocycles. The van der Waals surface area contributed by atoms with Crippen LogP contribution in [-0.2, 0) is 12.0 Å². The first-order chi connectivity index (χ1) is 13.6. The maximum absolute atomic E-state index is 9.36. The highest BCUT2D eigenvalue weighted by molar-refractivity contribution is 5.59. The van der Waals surface area contributed by atoms with Crippen LogP contribution in [0.4, 0.5) is 0 Å². The Labute approximate surface area is 166 Å². The first-order valence-corrected chi connectivity index (χ1v) is 9.81. The van der Waals surface area contributed by atoms with Gasteiger partial charge >= 0.3 is 0 Å². The molecular formula is C23H29N3O2. The van der Waals surface area contributed by atoms with Gasteiger partial charge in [0.25, 0.3) is 0 Å². The molecule has 1 heterocycles. The molecule has 5 nitrogen and oxygen atoms in total. The number of aromatic amines is 1. The van der Waals surface area contributed by atoms with E-state index in [4.69, 9.17) is 10.5 Å². The molecule has 4 N–H and O–H groups in total. The number of benzene rings is 2. The van der Waals surface area contributed by atoms with Gasteiger partial charge in [-0.25, -0.2) is 4.98 Å². The molecule has 5 heteroatoms. The molecular weight excluding hydrogens is 350 g/mol. The number of aliphatic hydroxyl groups is 1. The molecule has 3 rings (SSSR count). The number of imidazole rings is 1. The third-order valence-corrected chi connectivity index (χ3v) is 4.83. The van der Waals surface area contributed by atoms with Gasteiger partial charge in [0.1, 0.15) is 11.6 Å². The fraction of sp³-hybridized carbons (Fsp3) is 0.348. The molecule has 0 spiro atoms. The van der Waals surface area contributed by atoms with Crippen molar-refractivity contribution in [3.63, 3.8) is 0 Å². The lowest BCUT2D eigenvalue weighted by atomic mass is 10.1. The van der Waals surface area contributed by atoms with Gasteiger partial charge in [0.05, 0.1) is 30.6 Å². The highest BCUT2D eigenvalue weighted by atomic mass is 16.5. The van der Waals surface area contributed by atoms with Crippen molar-refractivity contribution in [3.8, 4) is 17.0 Å². The predicted octanol–water partition coefficient (Wildman–Crippen LogP) is 4.03. The van der Waals surface area contributed by atoms with Crippen molar-refractivity contribution in [3.05, 3.63) is 72.2 Å². The number of aliphatic hydroxyl groups excluding tert-OH is 1. The minimum absolute atomic E-state index is 0.169. The number of hydrogen-bond acceptors (Lipinski definition) is 4. The molecule has 0 fully saturated rings. The van der Waals surface area contributed by atoms with Gasteiger partial charge in [-0.1, -0.05) is 30.3 Å². The Kier molecular flexibility index (Phi) is 6.85. The number of hydrogen-bond donors (Lipinski definition) is 3. The van der Waals surface area contributed by atoms with Gasteiger partial charge in [-0.3, -0.25) is 0 Å². The van der Waals surface area contributed by atoms with Crippen LogP contribution in [0.25, 0.3) is 11.3 Å². The van der Waals surface area contributed by atoms with Gasteiger partial charge in [0.2, 0.25) is 0 Å². The van der Waals surface area contributed by atoms with Crippen LogP contribution in [0.1, 0.15) is 37.6 Å². The maximum Gasteiger partial charge on any atom is 0.128 e. The summed E-state index contributed by atoms with van der Waals surface area (Å²) in [7, 11) is 0. The summed E-state index contributed by atoms with van der Waals surface area (Å²) in [6.07, 6.45) is 6.25. The van der Waals surface area contributed by atoms with Crippen LogP contribution in [-0.4, -0.2) is 28.3 Å². The van der Waals surface area contributed by atoms with E-state index in [9.17, 15) is 5.11 Å². The molecule has 28 heavy (non-hydrogen) atoms. The number of aromatic nitrogens is 2. The van der Waals surface area contributed by atoms with Crippen LogP contribution in [0, 0.1) is 0 Å². The minimum atomic E-state index is -0.873. The molecule has 1 atom stereocenters. The molecule has 0 bridgehead atoms. The SMILES string of the molecule is CC(N)(CO)c1ncc(-c2ccc(OCCCCCc3ccccc3)cc2)[nH]1. The number of nitrogens with two attached hydrogens (primary N) is 1. The Morgan fingerprint density at radius 2 is 1.79 bits per heavy atom. The molecule has 0 saturated carbocycles. The van der Waals surface area contributed by atoms with Crippen molar-refractivity contribution in [2.45, 2.75) is 38.1 Å². The number of nitrogens with one attached hydrogen (secondary N) is 1. The van der Waals surface area contributed by atoms with Crippen molar-refractivity contribution in [1.29, 1.82) is 0 Å². The summed E-state index contributed by atoms with van der Waals surface area (Å²) in [5.74, 6) is 1.44. The third-order valence-electron chi connectivity index (χ3n) is 4.83. The van der Waals surface area contributed by atoms with E-state index in [1.54, 1.807) is 13.1 Å². The van der Waals surface area contributed by atoms with Gasteiger partial charge in [-0.05, 0) is 68.0 Å². The number of rotatable bonds is 10. The number of nitrogens with zero attached hydrogens (tertiary/aromatic N) is 1. The Morgan fingerprint density at radius 1 is 1.04 bits per heavy atom. The molecule has 0 aliphatic heterocycles. The van der Waals surface area contributed by atoms with Crippen molar-refractivity contribution >= 4 is 0 Å². The second-order valence-electron chi connectivity index (χ2n) is 7.39. The molecule has 0 aliphatic rings. The Bertz CT molecular complexity index is 842. The Balaban J connectivity index is 1.42. The van der Waals surface area contributed by atoms with Crippen LogP contribution in [0.15, 0.2) is 60.8 Å². The van der Waals surface area contributed by atoms with E-state index >= 15 is 0 Å². The number of H-pyrrole nitrogens is 1. The van der Waals surface area contributed by atoms with E-state index in [1.165, 1.54) is 12.0 Å². The second kappa shape index (κ2) is 9.53. The van der Waals surface area contributed by atoms with Crippen molar-refractivity contribution in [1.82, 2.24) is 9.97 Å². The van der Waals surface area contributed by atoms with Crippen LogP contribution in [0.3, 0.4) is 0 Å². The summed E-state index contributed by atoms with van der Waals surface area (Å²) in [6, 6.07) is 18.5. The zero-order valence-corrected chi connectivity index (χ0v) is 16.4. The lowest BCUT2D eigenvalue weighted by molar-refractivity contribution is 0.204. The fourth-order valence-electron chi connectivity index (χ4n) is 3.01. The second-order valence-corrected chi connectivity index (χ2v) is 7.39. The zero-order chi connectivity index (χ0) is 19.8. The first-order valence-electron chi connectivity index (χ1n) is 9.81. The molecule has 0 saturated heterocycles. The molecule has 1 unspecified atom stereocenters. The topological polar surface area (TPSA) is 84.2 Å². The summed E-state index contributed by atoms with van der Waals surface area (Å²) in [5, 5.41) is 9.36. The predicted molar refractivity (Wildman–Crippen MR) is 112 cm³/mol. The largest absolute Gasteiger partial charge is 0.494 e. The molecule has 0 aliphatic carbocycles. The number of ether oxygens (including phenoxy) is 1. The summed E-state index contributed by atoms with van der Waals surface area (Å²) in [4.78, 5) is 7.47. The monoisotopic (exact) mass is 379 g/mol. The fourth-order valence-corrected chi connectivity index (χ4v) is 3.01. The number of unbranched alkanes of at least 4 members (excludes halogenated alkanes) is 2. The van der Waals surface area contributed by atoms with Crippen molar-refractivity contribution in [2.75, 3.05) is 13.2 Å². The summed E-state index contributed by atoms with van der Waals surface area (Å²) >= 11 is 0. The number of aryl methyl sites for hydroxylation is 1. The van der Waals surface area contributed by atoms with Crippen LogP contribution in [0.5, 0.6) is 5.75 Å². The first kappa shape index (κ1) is 20.1. The summed E-state index contributed by atoms with van der Waals surface area (Å²) in [6.45, 7) is 2.30. The standard InChI is InChI=1S/C23H29N3O2/c1-23(24,17-27)22-25-16-21(26-22)19-11-13-20(14-12-19)28-15-7-3-6-10-18-8-4-2-5-9-18/h2,4-5,8-9,11-14,16,27H,3,6-7,10,15,17,24H2,1H3,(H,25,26). The van der Waals surface area contributed by atoms with Gasteiger partial charge in [-0.2, -0.15) is 0 Å². The summed E-state index contributed by atoms with van der Waals surface area (Å²) in [5.41, 5.74) is 8.41. The smallest absolute Gasteiger partial charge is 0.128 e. The molecule has 2 aromatic carbocycles. The van der Waals surface area contributed by atoms with Gasteiger partial charge < -0.3 is 20.6 Å². The average Bonchev–Trinajstić information content (AvgIpc) is 3.23. The average molecular weight is 380 g/mol. The van der Waals surface area contributed by atoms with E-state index in [2.05, 4.69) is 40.3 Å². The van der Waals surface area contributed by atoms with Gasteiger partial charge in [0, 0.05) is 0 Å². The van der Waals surface area contributed by atoms with E-state index in [1.807, 2.05) is 24.3 Å². The van der Waals surface area contributed by atoms with Crippen molar-refractivity contribution < 1.29 is 9.84 Å². The van der Waals surface area contributed by atoms with Crippen molar-refractivity contribution in [2.24, 2.45) is 5.73 Å². The van der Waals surface area contributed by atoms with Gasteiger partial charge in [-0.15, -0.1) is 0 Å². The normalized spacial score (nSPS) is 13.2. The molecule has 0 amide bonds. The van der Waals surface area contributed by atoms with E-state index < -0.39 is 5.54 Å². The van der Waals surface area contributed by atoms with Crippen LogP contribution in [0.2, 0.25) is 0 Å². The third kappa shape index (κ3) is 5.44. The highest BCUT2D eigenvalue weighted by Gasteiger charge is 2.23. The summed E-state index contributed by atoms with van der Waals surface area (Å²) < 4.78 is 5.85. The zero-order valence-electron chi connectivity index (χ0n) is 16.4. The molecule has 3 aromatic rings. The van der Waals surface area contributed by atoms with E-state index in [0.717, 1.165) is 42.9 Å². The van der Waals surface area contributed by atoms with Crippen LogP contribution >= 0.6 is 0 Å². The Morgan fingerprint density at radius 3 is 2.50 bits per heavy atom. The van der Waals surface area contributed by atoms with E-state index in [0.29, 0.717) is 5.82 Å². The molecule has 0 radical (unpaired) electrons. The van der Waals surface area contributed by atoms with E-state index in [-0.39, 0.29) is 6.61 Å². The van der Waals surface area contributed by atoms with Gasteiger partial charge in [0.15, 0.2) is 0 Å². The quantitative estimate of drug-likeness (QED) is 0.464. The minimum Gasteiger partial charge on any atom is -0.494 e. The lowest BCUT2D eigenvalue weighted by Gasteiger charge is -2.18. The lowest BCUT2D eigenvalue weighted by Crippen LogP contribution is -2.38. The Hall–Kier alpha value is -2.63. The molecule has 148 valence electrons. The highest BCUT2D eigenvalue weighted by Crippen LogP contribution is 2.23.